The van der Waals surface area contributed by atoms with Crippen molar-refractivity contribution < 1.29 is 4.74 Å². The smallest absolute Gasteiger partial charge is 0.158 e. The molecule has 0 unspecified atom stereocenters. The number of ether oxygens (including phenoxy) is 1. The third-order valence-corrected chi connectivity index (χ3v) is 3.64. The minimum Gasteiger partial charge on any atom is -0.374 e. The number of anilines is 2. The van der Waals surface area contributed by atoms with Gasteiger partial charge in [-0.1, -0.05) is 0 Å². The van der Waals surface area contributed by atoms with E-state index in [1.807, 2.05) is 13.0 Å². The van der Waals surface area contributed by atoms with Crippen molar-refractivity contribution in [2.75, 3.05) is 43.9 Å². The van der Waals surface area contributed by atoms with E-state index < -0.39 is 0 Å². The van der Waals surface area contributed by atoms with Gasteiger partial charge in [0.05, 0.1) is 0 Å². The van der Waals surface area contributed by atoms with Crippen molar-refractivity contribution in [1.82, 2.24) is 14.9 Å². The lowest BCUT2D eigenvalue weighted by atomic mass is 10.1. The van der Waals surface area contributed by atoms with E-state index >= 15 is 0 Å². The molecule has 2 rings (SSSR count). The van der Waals surface area contributed by atoms with Crippen molar-refractivity contribution >= 4 is 11.6 Å². The molecule has 1 aliphatic rings. The van der Waals surface area contributed by atoms with Crippen LogP contribution in [-0.2, 0) is 11.3 Å². The molecule has 0 aromatic carbocycles. The van der Waals surface area contributed by atoms with E-state index in [1.165, 1.54) is 0 Å². The SMILES string of the molecule is CCNc1cc(NC2CCN(C)CC2)nc(COCC)n1. The fraction of sp³-hybridized carbons (Fsp3) is 0.733. The van der Waals surface area contributed by atoms with Crippen LogP contribution < -0.4 is 10.6 Å². The highest BCUT2D eigenvalue weighted by molar-refractivity contribution is 5.48. The fourth-order valence-electron chi connectivity index (χ4n) is 2.46. The van der Waals surface area contributed by atoms with Crippen molar-refractivity contribution in [3.8, 4) is 0 Å². The maximum Gasteiger partial charge on any atom is 0.158 e. The minimum absolute atomic E-state index is 0.456. The van der Waals surface area contributed by atoms with Gasteiger partial charge in [-0.05, 0) is 46.8 Å². The Morgan fingerprint density at radius 2 is 1.95 bits per heavy atom. The maximum atomic E-state index is 5.42. The number of nitrogens with zero attached hydrogens (tertiary/aromatic N) is 3. The van der Waals surface area contributed by atoms with E-state index in [0.29, 0.717) is 19.3 Å². The summed E-state index contributed by atoms with van der Waals surface area (Å²) in [5.41, 5.74) is 0. The molecule has 21 heavy (non-hydrogen) atoms. The van der Waals surface area contributed by atoms with Crippen LogP contribution in [0.5, 0.6) is 0 Å². The normalized spacial score (nSPS) is 16.9. The van der Waals surface area contributed by atoms with Crippen molar-refractivity contribution in [2.45, 2.75) is 39.3 Å². The first-order valence-corrected chi connectivity index (χ1v) is 7.86. The zero-order valence-corrected chi connectivity index (χ0v) is 13.4. The van der Waals surface area contributed by atoms with Crippen LogP contribution in [0.3, 0.4) is 0 Å². The van der Waals surface area contributed by atoms with Crippen LogP contribution in [0.25, 0.3) is 0 Å². The van der Waals surface area contributed by atoms with Crippen LogP contribution in [0.1, 0.15) is 32.5 Å². The Labute approximate surface area is 127 Å². The summed E-state index contributed by atoms with van der Waals surface area (Å²) in [6, 6.07) is 2.47. The van der Waals surface area contributed by atoms with E-state index in [0.717, 1.165) is 49.9 Å². The predicted octanol–water partition coefficient (Wildman–Crippen LogP) is 1.95. The summed E-state index contributed by atoms with van der Waals surface area (Å²) in [4.78, 5) is 11.4. The Kier molecular flexibility index (Phi) is 6.20. The molecule has 0 saturated carbocycles. The van der Waals surface area contributed by atoms with Crippen LogP contribution in [0.2, 0.25) is 0 Å². The van der Waals surface area contributed by atoms with Gasteiger partial charge in [-0.25, -0.2) is 9.97 Å². The molecule has 0 radical (unpaired) electrons. The summed E-state index contributed by atoms with van der Waals surface area (Å²) >= 11 is 0. The lowest BCUT2D eigenvalue weighted by molar-refractivity contribution is 0.128. The number of rotatable bonds is 7. The van der Waals surface area contributed by atoms with Crippen molar-refractivity contribution in [2.24, 2.45) is 0 Å². The molecule has 0 spiro atoms. The summed E-state index contributed by atoms with van der Waals surface area (Å²) in [7, 11) is 2.17. The standard InChI is InChI=1S/C15H27N5O/c1-4-16-13-10-14(19-15(18-13)11-21-5-2)17-12-6-8-20(3)9-7-12/h10,12H,4-9,11H2,1-3H3,(H2,16,17,18,19). The highest BCUT2D eigenvalue weighted by Crippen LogP contribution is 2.17. The molecule has 6 nitrogen and oxygen atoms in total. The molecule has 0 atom stereocenters. The van der Waals surface area contributed by atoms with Gasteiger partial charge in [0.1, 0.15) is 18.2 Å². The van der Waals surface area contributed by atoms with Crippen LogP contribution in [0, 0.1) is 0 Å². The first kappa shape index (κ1) is 16.0. The molecule has 118 valence electrons. The minimum atomic E-state index is 0.456. The Bertz CT molecular complexity index is 432. The van der Waals surface area contributed by atoms with Gasteiger partial charge in [-0.3, -0.25) is 0 Å². The zero-order chi connectivity index (χ0) is 15.1. The molecular formula is C15H27N5O. The van der Waals surface area contributed by atoms with E-state index in [1.54, 1.807) is 0 Å². The number of nitrogens with one attached hydrogen (secondary N) is 2. The van der Waals surface area contributed by atoms with Gasteiger partial charge in [-0.15, -0.1) is 0 Å². The van der Waals surface area contributed by atoms with Crippen LogP contribution in [0.4, 0.5) is 11.6 Å². The fourth-order valence-corrected chi connectivity index (χ4v) is 2.46. The summed E-state index contributed by atoms with van der Waals surface area (Å²) in [5.74, 6) is 2.48. The summed E-state index contributed by atoms with van der Waals surface area (Å²) in [5, 5.41) is 6.80. The Hall–Kier alpha value is -1.40. The Morgan fingerprint density at radius 1 is 1.24 bits per heavy atom. The first-order chi connectivity index (χ1) is 10.2. The van der Waals surface area contributed by atoms with Crippen LogP contribution in [-0.4, -0.2) is 54.2 Å². The van der Waals surface area contributed by atoms with Crippen molar-refractivity contribution in [3.05, 3.63) is 11.9 Å². The largest absolute Gasteiger partial charge is 0.374 e. The topological polar surface area (TPSA) is 62.3 Å². The van der Waals surface area contributed by atoms with Crippen LogP contribution >= 0.6 is 0 Å². The maximum absolute atomic E-state index is 5.42. The average molecular weight is 293 g/mol. The second kappa shape index (κ2) is 8.14. The van der Waals surface area contributed by atoms with Gasteiger partial charge in [-0.2, -0.15) is 0 Å². The van der Waals surface area contributed by atoms with E-state index in [2.05, 4.69) is 39.5 Å². The number of hydrogen-bond acceptors (Lipinski definition) is 6. The second-order valence-corrected chi connectivity index (χ2v) is 5.44. The molecule has 1 aliphatic heterocycles. The predicted molar refractivity (Wildman–Crippen MR) is 85.7 cm³/mol. The average Bonchev–Trinajstić information content (AvgIpc) is 2.48. The molecule has 0 amide bonds. The van der Waals surface area contributed by atoms with Crippen LogP contribution in [0.15, 0.2) is 6.07 Å². The van der Waals surface area contributed by atoms with Gasteiger partial charge in [0, 0.05) is 25.3 Å². The number of aromatic nitrogens is 2. The zero-order valence-electron chi connectivity index (χ0n) is 13.4. The van der Waals surface area contributed by atoms with E-state index in [4.69, 9.17) is 4.74 Å². The summed E-state index contributed by atoms with van der Waals surface area (Å²) in [6.07, 6.45) is 2.30. The highest BCUT2D eigenvalue weighted by atomic mass is 16.5. The lowest BCUT2D eigenvalue weighted by Crippen LogP contribution is -2.37. The quantitative estimate of drug-likeness (QED) is 0.801. The molecular weight excluding hydrogens is 266 g/mol. The first-order valence-electron chi connectivity index (χ1n) is 7.86. The molecule has 1 fully saturated rings. The van der Waals surface area contributed by atoms with E-state index in [9.17, 15) is 0 Å². The summed E-state index contributed by atoms with van der Waals surface area (Å²) in [6.45, 7) is 8.28. The monoisotopic (exact) mass is 293 g/mol. The van der Waals surface area contributed by atoms with Gasteiger partial charge < -0.3 is 20.3 Å². The third kappa shape index (κ3) is 5.13. The lowest BCUT2D eigenvalue weighted by Gasteiger charge is -2.29. The molecule has 1 aromatic heterocycles. The number of piperidine rings is 1. The molecule has 1 aromatic rings. The van der Waals surface area contributed by atoms with Gasteiger partial charge >= 0.3 is 0 Å². The Morgan fingerprint density at radius 3 is 2.62 bits per heavy atom. The highest BCUT2D eigenvalue weighted by Gasteiger charge is 2.17. The molecule has 2 heterocycles. The second-order valence-electron chi connectivity index (χ2n) is 5.44. The number of hydrogen-bond donors (Lipinski definition) is 2. The third-order valence-electron chi connectivity index (χ3n) is 3.64. The Balaban J connectivity index is 2.03. The molecule has 6 heteroatoms. The van der Waals surface area contributed by atoms with Gasteiger partial charge in [0.15, 0.2) is 5.82 Å². The molecule has 2 N–H and O–H groups in total. The molecule has 0 aliphatic carbocycles. The molecule has 0 bridgehead atoms. The molecule has 1 saturated heterocycles. The van der Waals surface area contributed by atoms with E-state index in [-0.39, 0.29) is 0 Å². The summed E-state index contributed by atoms with van der Waals surface area (Å²) < 4.78 is 5.42. The van der Waals surface area contributed by atoms with Crippen molar-refractivity contribution in [3.63, 3.8) is 0 Å². The van der Waals surface area contributed by atoms with Crippen molar-refractivity contribution in [1.29, 1.82) is 0 Å². The van der Waals surface area contributed by atoms with Gasteiger partial charge in [0.2, 0.25) is 0 Å². The van der Waals surface area contributed by atoms with Gasteiger partial charge in [0.25, 0.3) is 0 Å². The number of likely N-dealkylation sites (tertiary alicyclic amines) is 1.